The van der Waals surface area contributed by atoms with Gasteiger partial charge in [-0.15, -0.1) is 0 Å². The smallest absolute Gasteiger partial charge is 0.138 e. The van der Waals surface area contributed by atoms with Crippen molar-refractivity contribution in [1.29, 1.82) is 0 Å². The number of rotatable bonds is 5. The summed E-state index contributed by atoms with van der Waals surface area (Å²) in [5, 5.41) is 32.2. The average Bonchev–Trinajstić information content (AvgIpc) is 3.36. The SMILES string of the molecule is CC(C)=CC(O)C(O)C(CO)C1CCC2(C)C3CCC4C(C)(C)C(=O)CCC45CC35CCC12C. The minimum absolute atomic E-state index is 0.0542. The van der Waals surface area contributed by atoms with Gasteiger partial charge in [0.25, 0.3) is 0 Å². The van der Waals surface area contributed by atoms with Crippen molar-refractivity contribution in [3.05, 3.63) is 11.6 Å². The van der Waals surface area contributed by atoms with E-state index < -0.39 is 12.2 Å². The first-order valence-corrected chi connectivity index (χ1v) is 14.0. The van der Waals surface area contributed by atoms with Gasteiger partial charge in [0.2, 0.25) is 0 Å². The van der Waals surface area contributed by atoms with E-state index in [1.165, 1.54) is 25.7 Å². The monoisotopic (exact) mass is 472 g/mol. The van der Waals surface area contributed by atoms with Crippen LogP contribution >= 0.6 is 0 Å². The molecule has 3 N–H and O–H groups in total. The summed E-state index contributed by atoms with van der Waals surface area (Å²) in [6.45, 7) is 13.2. The second-order valence-corrected chi connectivity index (χ2v) is 14.4. The van der Waals surface area contributed by atoms with Gasteiger partial charge < -0.3 is 15.3 Å². The van der Waals surface area contributed by atoms with Crippen LogP contribution in [-0.2, 0) is 4.79 Å². The number of ketones is 1. The van der Waals surface area contributed by atoms with Crippen molar-refractivity contribution >= 4 is 5.78 Å². The zero-order valence-corrected chi connectivity index (χ0v) is 22.4. The van der Waals surface area contributed by atoms with Crippen LogP contribution < -0.4 is 0 Å². The third-order valence-corrected chi connectivity index (χ3v) is 12.9. The minimum atomic E-state index is -0.937. The standard InChI is InChI=1S/C30H48O4/c1-18(2)15-21(32)25(34)19(16-31)20-9-11-28(6)23-8-7-22-26(3,4)24(33)10-12-29(22)17-30(23,29)14-13-27(20,28)5/h15,19-23,25,31-32,34H,7-14,16-17H2,1-6H3. The van der Waals surface area contributed by atoms with Gasteiger partial charge in [-0.2, -0.15) is 0 Å². The molecule has 192 valence electrons. The van der Waals surface area contributed by atoms with Crippen LogP contribution in [0.3, 0.4) is 0 Å². The maximum Gasteiger partial charge on any atom is 0.138 e. The molecule has 0 bridgehead atoms. The van der Waals surface area contributed by atoms with Crippen LogP contribution in [0.5, 0.6) is 0 Å². The van der Waals surface area contributed by atoms with E-state index in [0.717, 1.165) is 37.7 Å². The number of hydrogen-bond acceptors (Lipinski definition) is 4. The Bertz CT molecular complexity index is 888. The van der Waals surface area contributed by atoms with E-state index in [4.69, 9.17) is 0 Å². The van der Waals surface area contributed by atoms with Gasteiger partial charge in [0.15, 0.2) is 0 Å². The fourth-order valence-electron chi connectivity index (χ4n) is 11.1. The molecule has 5 rings (SSSR count). The Labute approximate surface area is 206 Å². The fourth-order valence-corrected chi connectivity index (χ4v) is 11.1. The molecule has 0 aliphatic heterocycles. The van der Waals surface area contributed by atoms with Gasteiger partial charge in [0.05, 0.1) is 12.2 Å². The van der Waals surface area contributed by atoms with E-state index in [0.29, 0.717) is 28.4 Å². The third-order valence-electron chi connectivity index (χ3n) is 12.9. The molecule has 5 aliphatic carbocycles. The number of Topliss-reactive ketones (excluding diaryl/α,β-unsaturated/α-hetero) is 1. The van der Waals surface area contributed by atoms with Crippen LogP contribution in [0, 0.1) is 50.7 Å². The molecule has 5 aliphatic rings. The Kier molecular flexibility index (Phi) is 5.62. The van der Waals surface area contributed by atoms with E-state index in [1.807, 2.05) is 13.8 Å². The lowest BCUT2D eigenvalue weighted by atomic mass is 9.42. The van der Waals surface area contributed by atoms with E-state index in [2.05, 4.69) is 27.7 Å². The number of aliphatic hydroxyl groups is 3. The van der Waals surface area contributed by atoms with Gasteiger partial charge in [-0.25, -0.2) is 0 Å². The molecule has 0 radical (unpaired) electrons. The van der Waals surface area contributed by atoms with E-state index >= 15 is 0 Å². The summed E-state index contributed by atoms with van der Waals surface area (Å²) in [6, 6.07) is 0. The van der Waals surface area contributed by atoms with Crippen LogP contribution in [0.15, 0.2) is 11.6 Å². The largest absolute Gasteiger partial charge is 0.396 e. The van der Waals surface area contributed by atoms with Gasteiger partial charge in [0.1, 0.15) is 5.78 Å². The Balaban J connectivity index is 1.45. The van der Waals surface area contributed by atoms with Crippen LogP contribution in [0.25, 0.3) is 0 Å². The molecule has 0 aromatic rings. The van der Waals surface area contributed by atoms with Crippen LogP contribution in [0.2, 0.25) is 0 Å². The van der Waals surface area contributed by atoms with Crippen molar-refractivity contribution in [3.63, 3.8) is 0 Å². The van der Waals surface area contributed by atoms with Crippen molar-refractivity contribution < 1.29 is 20.1 Å². The number of hydrogen-bond donors (Lipinski definition) is 3. The highest BCUT2D eigenvalue weighted by atomic mass is 16.3. The van der Waals surface area contributed by atoms with E-state index in [1.54, 1.807) is 6.08 Å². The van der Waals surface area contributed by atoms with Crippen molar-refractivity contribution in [1.82, 2.24) is 0 Å². The molecule has 0 aromatic carbocycles. The summed E-state index contributed by atoms with van der Waals surface area (Å²) in [5.74, 6) is 1.59. The molecule has 34 heavy (non-hydrogen) atoms. The molecule has 4 heteroatoms. The molecule has 5 saturated carbocycles. The van der Waals surface area contributed by atoms with Crippen molar-refractivity contribution in [2.75, 3.05) is 6.61 Å². The van der Waals surface area contributed by atoms with Crippen molar-refractivity contribution in [3.8, 4) is 0 Å². The highest BCUT2D eigenvalue weighted by Crippen LogP contribution is 2.88. The highest BCUT2D eigenvalue weighted by molar-refractivity contribution is 5.86. The van der Waals surface area contributed by atoms with Gasteiger partial charge in [0, 0.05) is 24.4 Å². The first-order chi connectivity index (χ1) is 15.8. The average molecular weight is 473 g/mol. The van der Waals surface area contributed by atoms with E-state index in [9.17, 15) is 20.1 Å². The third kappa shape index (κ3) is 2.91. The Hall–Kier alpha value is -0.710. The molecule has 0 aromatic heterocycles. The Morgan fingerprint density at radius 3 is 2.24 bits per heavy atom. The van der Waals surface area contributed by atoms with Gasteiger partial charge in [-0.1, -0.05) is 39.3 Å². The predicted octanol–water partition coefficient (Wildman–Crippen LogP) is 5.29. The van der Waals surface area contributed by atoms with Crippen molar-refractivity contribution in [2.45, 2.75) is 112 Å². The van der Waals surface area contributed by atoms with Crippen LogP contribution in [-0.4, -0.2) is 39.9 Å². The highest BCUT2D eigenvalue weighted by Gasteiger charge is 2.82. The van der Waals surface area contributed by atoms with Gasteiger partial charge >= 0.3 is 0 Å². The number of carbonyl (C=O) groups is 1. The second-order valence-electron chi connectivity index (χ2n) is 14.4. The summed E-state index contributed by atoms with van der Waals surface area (Å²) in [6.07, 6.45) is 9.94. The Morgan fingerprint density at radius 2 is 1.59 bits per heavy atom. The lowest BCUT2D eigenvalue weighted by Crippen LogP contribution is -2.57. The molecule has 0 amide bonds. The lowest BCUT2D eigenvalue weighted by Gasteiger charge is -2.62. The zero-order valence-electron chi connectivity index (χ0n) is 22.4. The molecule has 0 saturated heterocycles. The normalized spacial score (nSPS) is 49.1. The molecular weight excluding hydrogens is 424 g/mol. The number of allylic oxidation sites excluding steroid dienone is 1. The van der Waals surface area contributed by atoms with Crippen LogP contribution in [0.1, 0.15) is 99.3 Å². The quantitative estimate of drug-likeness (QED) is 0.475. The lowest BCUT2D eigenvalue weighted by molar-refractivity contribution is -0.161. The van der Waals surface area contributed by atoms with Crippen molar-refractivity contribution in [2.24, 2.45) is 50.7 Å². The first kappa shape index (κ1) is 25.0. The first-order valence-electron chi connectivity index (χ1n) is 14.0. The molecule has 2 spiro atoms. The summed E-state index contributed by atoms with van der Waals surface area (Å²) in [4.78, 5) is 12.9. The van der Waals surface area contributed by atoms with E-state index in [-0.39, 0.29) is 34.7 Å². The van der Waals surface area contributed by atoms with Crippen LogP contribution in [0.4, 0.5) is 0 Å². The number of carbonyl (C=O) groups excluding carboxylic acids is 1. The molecule has 10 unspecified atom stereocenters. The molecule has 5 fully saturated rings. The molecule has 0 heterocycles. The molecule has 10 atom stereocenters. The summed E-state index contributed by atoms with van der Waals surface area (Å²) < 4.78 is 0. The van der Waals surface area contributed by atoms with Gasteiger partial charge in [-0.3, -0.25) is 4.79 Å². The topological polar surface area (TPSA) is 77.8 Å². The predicted molar refractivity (Wildman–Crippen MR) is 134 cm³/mol. The zero-order chi connectivity index (χ0) is 24.9. The maximum atomic E-state index is 12.9. The van der Waals surface area contributed by atoms with Gasteiger partial charge in [-0.05, 0) is 105 Å². The molecule has 4 nitrogen and oxygen atoms in total. The number of aliphatic hydroxyl groups excluding tert-OH is 3. The minimum Gasteiger partial charge on any atom is -0.396 e. The maximum absolute atomic E-state index is 12.9. The Morgan fingerprint density at radius 1 is 0.941 bits per heavy atom. The summed E-state index contributed by atoms with van der Waals surface area (Å²) >= 11 is 0. The summed E-state index contributed by atoms with van der Waals surface area (Å²) in [7, 11) is 0. The molecular formula is C30H48O4. The second kappa shape index (κ2) is 7.65. The fraction of sp³-hybridized carbons (Fsp3) is 0.900. The summed E-state index contributed by atoms with van der Waals surface area (Å²) in [5.41, 5.74) is 1.80. The number of fused-ring (bicyclic) bond motifs is 2.